The van der Waals surface area contributed by atoms with E-state index in [1.165, 1.54) is 4.90 Å². The zero-order valence-corrected chi connectivity index (χ0v) is 13.0. The largest absolute Gasteiger partial charge is 0.324 e. The second-order valence-corrected chi connectivity index (χ2v) is 7.72. The predicted molar refractivity (Wildman–Crippen MR) is 80.0 cm³/mol. The predicted octanol–water partition coefficient (Wildman–Crippen LogP) is 2.30. The monoisotopic (exact) mass is 316 g/mol. The topological polar surface area (TPSA) is 66.5 Å². The average molecular weight is 317 g/mol. The fourth-order valence-electron chi connectivity index (χ4n) is 2.17. The van der Waals surface area contributed by atoms with Gasteiger partial charge < -0.3 is 10.2 Å². The molecule has 1 aliphatic rings. The molecule has 1 heterocycles. The van der Waals surface area contributed by atoms with Crippen molar-refractivity contribution >= 4 is 33.2 Å². The van der Waals surface area contributed by atoms with Crippen molar-refractivity contribution in [3.8, 4) is 0 Å². The van der Waals surface area contributed by atoms with Crippen LogP contribution in [0.4, 0.5) is 10.5 Å². The summed E-state index contributed by atoms with van der Waals surface area (Å²) >= 11 is 6.05. The third-order valence-corrected chi connectivity index (χ3v) is 5.51. The third kappa shape index (κ3) is 3.43. The average Bonchev–Trinajstić information content (AvgIpc) is 2.72. The fraction of sp³-hybridized carbons (Fsp3) is 0.462. The number of sulfone groups is 1. The van der Waals surface area contributed by atoms with Crippen molar-refractivity contribution in [3.05, 3.63) is 28.8 Å². The van der Waals surface area contributed by atoms with Gasteiger partial charge in [-0.2, -0.15) is 0 Å². The molecule has 1 saturated heterocycles. The number of aryl methyl sites for hydroxylation is 1. The quantitative estimate of drug-likeness (QED) is 0.910. The molecule has 0 aliphatic carbocycles. The lowest BCUT2D eigenvalue weighted by Crippen LogP contribution is -2.40. The van der Waals surface area contributed by atoms with Gasteiger partial charge in [-0.15, -0.1) is 0 Å². The van der Waals surface area contributed by atoms with Crippen LogP contribution in [0.15, 0.2) is 18.2 Å². The Morgan fingerprint density at radius 3 is 2.70 bits per heavy atom. The molecule has 0 bridgehead atoms. The van der Waals surface area contributed by atoms with Crippen molar-refractivity contribution in [1.29, 1.82) is 0 Å². The van der Waals surface area contributed by atoms with Gasteiger partial charge in [0.25, 0.3) is 0 Å². The van der Waals surface area contributed by atoms with Gasteiger partial charge >= 0.3 is 6.03 Å². The second kappa shape index (κ2) is 5.61. The number of amides is 2. The van der Waals surface area contributed by atoms with E-state index in [2.05, 4.69) is 5.32 Å². The maximum absolute atomic E-state index is 12.1. The Labute approximate surface area is 123 Å². The first-order valence-corrected chi connectivity index (χ1v) is 8.49. The molecule has 0 radical (unpaired) electrons. The van der Waals surface area contributed by atoms with Gasteiger partial charge in [-0.1, -0.05) is 17.7 Å². The van der Waals surface area contributed by atoms with E-state index < -0.39 is 9.84 Å². The van der Waals surface area contributed by atoms with Gasteiger partial charge in [-0.3, -0.25) is 0 Å². The smallest absolute Gasteiger partial charge is 0.321 e. The van der Waals surface area contributed by atoms with Gasteiger partial charge in [0.05, 0.1) is 22.2 Å². The number of halogens is 1. The van der Waals surface area contributed by atoms with Crippen LogP contribution in [-0.2, 0) is 9.84 Å². The van der Waals surface area contributed by atoms with E-state index in [4.69, 9.17) is 11.6 Å². The van der Waals surface area contributed by atoms with Crippen LogP contribution in [0.5, 0.6) is 0 Å². The highest BCUT2D eigenvalue weighted by Crippen LogP contribution is 2.24. The maximum atomic E-state index is 12.1. The van der Waals surface area contributed by atoms with Crippen LogP contribution in [0.3, 0.4) is 0 Å². The van der Waals surface area contributed by atoms with E-state index in [1.54, 1.807) is 19.2 Å². The summed E-state index contributed by atoms with van der Waals surface area (Å²) in [6.07, 6.45) is 0.480. The van der Waals surface area contributed by atoms with E-state index >= 15 is 0 Å². The maximum Gasteiger partial charge on any atom is 0.321 e. The molecule has 1 aromatic rings. The SMILES string of the molecule is Cc1ccc(NC(=O)N(C)C2CCS(=O)(=O)C2)c(Cl)c1. The summed E-state index contributed by atoms with van der Waals surface area (Å²) in [5.74, 6) is 0.166. The molecule has 7 heteroatoms. The van der Waals surface area contributed by atoms with Crippen LogP contribution in [0.1, 0.15) is 12.0 Å². The Morgan fingerprint density at radius 2 is 2.15 bits per heavy atom. The van der Waals surface area contributed by atoms with Crippen molar-refractivity contribution in [2.24, 2.45) is 0 Å². The molecule has 0 aromatic heterocycles. The highest BCUT2D eigenvalue weighted by Gasteiger charge is 2.32. The molecular formula is C13H17ClN2O3S. The Balaban J connectivity index is 2.05. The molecule has 20 heavy (non-hydrogen) atoms. The van der Waals surface area contributed by atoms with Crippen molar-refractivity contribution in [2.75, 3.05) is 23.9 Å². The van der Waals surface area contributed by atoms with E-state index in [-0.39, 0.29) is 23.6 Å². The first-order chi connectivity index (χ1) is 9.28. The molecule has 1 atom stereocenters. The molecule has 1 fully saturated rings. The molecule has 1 N–H and O–H groups in total. The Bertz CT molecular complexity index is 631. The number of rotatable bonds is 2. The summed E-state index contributed by atoms with van der Waals surface area (Å²) in [5.41, 5.74) is 1.53. The molecule has 0 saturated carbocycles. The van der Waals surface area contributed by atoms with Crippen molar-refractivity contribution in [1.82, 2.24) is 4.90 Å². The van der Waals surface area contributed by atoms with E-state index in [9.17, 15) is 13.2 Å². The standard InChI is InChI=1S/C13H17ClN2O3S/c1-9-3-4-12(11(14)7-9)15-13(17)16(2)10-5-6-20(18,19)8-10/h3-4,7,10H,5-6,8H2,1-2H3,(H,15,17). The first kappa shape index (κ1) is 15.1. The lowest BCUT2D eigenvalue weighted by Gasteiger charge is -2.24. The van der Waals surface area contributed by atoms with Crippen LogP contribution in [-0.4, -0.2) is 43.9 Å². The summed E-state index contributed by atoms with van der Waals surface area (Å²) in [6, 6.07) is 4.72. The number of benzene rings is 1. The number of hydrogen-bond donors (Lipinski definition) is 1. The summed E-state index contributed by atoms with van der Waals surface area (Å²) < 4.78 is 22.9. The highest BCUT2D eigenvalue weighted by atomic mass is 35.5. The number of carbonyl (C=O) groups excluding carboxylic acids is 1. The Hall–Kier alpha value is -1.27. The van der Waals surface area contributed by atoms with Crippen LogP contribution >= 0.6 is 11.6 Å². The summed E-state index contributed by atoms with van der Waals surface area (Å²) in [4.78, 5) is 13.5. The molecule has 5 nitrogen and oxygen atoms in total. The normalized spacial score (nSPS) is 20.6. The summed E-state index contributed by atoms with van der Waals surface area (Å²) in [6.45, 7) is 1.91. The number of urea groups is 1. The van der Waals surface area contributed by atoms with Gasteiger partial charge in [0, 0.05) is 13.1 Å². The number of anilines is 1. The minimum Gasteiger partial charge on any atom is -0.324 e. The molecule has 2 amide bonds. The molecular weight excluding hydrogens is 300 g/mol. The van der Waals surface area contributed by atoms with Crippen LogP contribution in [0.25, 0.3) is 0 Å². The lowest BCUT2D eigenvalue weighted by molar-refractivity contribution is 0.209. The molecule has 1 unspecified atom stereocenters. The zero-order valence-electron chi connectivity index (χ0n) is 11.4. The van der Waals surface area contributed by atoms with Crippen LogP contribution < -0.4 is 5.32 Å². The van der Waals surface area contributed by atoms with Gasteiger partial charge in [-0.25, -0.2) is 13.2 Å². The van der Waals surface area contributed by atoms with E-state index in [0.29, 0.717) is 17.1 Å². The fourth-order valence-corrected chi connectivity index (χ4v) is 4.23. The van der Waals surface area contributed by atoms with Gasteiger partial charge in [0.15, 0.2) is 9.84 Å². The third-order valence-electron chi connectivity index (χ3n) is 3.44. The van der Waals surface area contributed by atoms with Gasteiger partial charge in [0.2, 0.25) is 0 Å². The number of carbonyl (C=O) groups is 1. The lowest BCUT2D eigenvalue weighted by atomic mass is 10.2. The number of nitrogens with zero attached hydrogens (tertiary/aromatic N) is 1. The Kier molecular flexibility index (Phi) is 4.25. The van der Waals surface area contributed by atoms with Crippen LogP contribution in [0.2, 0.25) is 5.02 Å². The number of nitrogens with one attached hydrogen (secondary N) is 1. The van der Waals surface area contributed by atoms with E-state index in [1.807, 2.05) is 13.0 Å². The second-order valence-electron chi connectivity index (χ2n) is 5.08. The minimum absolute atomic E-state index is 0.0263. The van der Waals surface area contributed by atoms with Gasteiger partial charge in [-0.05, 0) is 31.0 Å². The molecule has 0 spiro atoms. The molecule has 1 aliphatic heterocycles. The molecule has 110 valence electrons. The summed E-state index contributed by atoms with van der Waals surface area (Å²) in [7, 11) is -1.41. The number of hydrogen-bond acceptors (Lipinski definition) is 3. The van der Waals surface area contributed by atoms with Gasteiger partial charge in [0.1, 0.15) is 0 Å². The first-order valence-electron chi connectivity index (χ1n) is 6.29. The van der Waals surface area contributed by atoms with Crippen molar-refractivity contribution < 1.29 is 13.2 Å². The van der Waals surface area contributed by atoms with Crippen LogP contribution in [0, 0.1) is 6.92 Å². The zero-order chi connectivity index (χ0) is 14.9. The Morgan fingerprint density at radius 1 is 1.45 bits per heavy atom. The highest BCUT2D eigenvalue weighted by molar-refractivity contribution is 7.91. The molecule has 2 rings (SSSR count). The summed E-state index contributed by atoms with van der Waals surface area (Å²) in [5, 5.41) is 3.17. The van der Waals surface area contributed by atoms with Crippen molar-refractivity contribution in [3.63, 3.8) is 0 Å². The minimum atomic E-state index is -3.01. The van der Waals surface area contributed by atoms with E-state index in [0.717, 1.165) is 5.56 Å². The molecule has 1 aromatic carbocycles. The van der Waals surface area contributed by atoms with Crippen molar-refractivity contribution in [2.45, 2.75) is 19.4 Å².